The molecule has 0 amide bonds. The Morgan fingerprint density at radius 3 is 2.75 bits per heavy atom. The molecule has 148 valence electrons. The van der Waals surface area contributed by atoms with Gasteiger partial charge in [0, 0.05) is 10.0 Å². The minimum atomic E-state index is -0.205. The van der Waals surface area contributed by atoms with Crippen LogP contribution < -0.4 is 4.74 Å². The molecule has 0 aromatic heterocycles. The average molecular weight is 443 g/mol. The molecule has 0 N–H and O–H groups in total. The molecule has 1 atom stereocenters. The second-order valence-electron chi connectivity index (χ2n) is 8.06. The van der Waals surface area contributed by atoms with Crippen molar-refractivity contribution < 1.29 is 14.3 Å². The van der Waals surface area contributed by atoms with E-state index < -0.39 is 0 Å². The van der Waals surface area contributed by atoms with Crippen LogP contribution in [-0.2, 0) is 21.4 Å². The molecule has 28 heavy (non-hydrogen) atoms. The van der Waals surface area contributed by atoms with Gasteiger partial charge < -0.3 is 9.47 Å². The molecule has 2 aromatic rings. The summed E-state index contributed by atoms with van der Waals surface area (Å²) in [4.78, 5) is 12.1. The average Bonchev–Trinajstić information content (AvgIpc) is 3.24. The standard InChI is InChI=1S/C24H27BrO3/c1-3-27-23(26)14-18-16(2)7-6-8-21(18)28-22-15-24(11-4-5-12-24)20-10-9-17(25)13-19(20)22/h6-10,13,22H,3-5,11-12,14-15H2,1-2H3. The molecule has 4 heteroatoms. The number of esters is 1. The highest BCUT2D eigenvalue weighted by Gasteiger charge is 2.46. The Morgan fingerprint density at radius 1 is 1.21 bits per heavy atom. The van der Waals surface area contributed by atoms with Crippen molar-refractivity contribution in [3.63, 3.8) is 0 Å². The van der Waals surface area contributed by atoms with Gasteiger partial charge in [0.1, 0.15) is 11.9 Å². The summed E-state index contributed by atoms with van der Waals surface area (Å²) in [5, 5.41) is 0. The van der Waals surface area contributed by atoms with Gasteiger partial charge in [-0.2, -0.15) is 0 Å². The van der Waals surface area contributed by atoms with Crippen molar-refractivity contribution in [2.75, 3.05) is 6.61 Å². The molecule has 1 spiro atoms. The van der Waals surface area contributed by atoms with Gasteiger partial charge in [-0.15, -0.1) is 0 Å². The first kappa shape index (κ1) is 19.5. The first-order chi connectivity index (χ1) is 13.5. The van der Waals surface area contributed by atoms with Gasteiger partial charge in [0.2, 0.25) is 0 Å². The summed E-state index contributed by atoms with van der Waals surface area (Å²) in [6.07, 6.45) is 6.36. The van der Waals surface area contributed by atoms with Crippen molar-refractivity contribution in [2.24, 2.45) is 0 Å². The zero-order valence-corrected chi connectivity index (χ0v) is 18.2. The fourth-order valence-corrected chi connectivity index (χ4v) is 5.39. The van der Waals surface area contributed by atoms with E-state index in [2.05, 4.69) is 34.1 Å². The molecule has 0 saturated heterocycles. The second kappa shape index (κ2) is 7.90. The quantitative estimate of drug-likeness (QED) is 0.517. The van der Waals surface area contributed by atoms with Gasteiger partial charge in [0.15, 0.2) is 0 Å². The lowest BCUT2D eigenvalue weighted by Gasteiger charge is -2.25. The molecule has 0 bridgehead atoms. The van der Waals surface area contributed by atoms with Crippen LogP contribution in [0.15, 0.2) is 40.9 Å². The Hall–Kier alpha value is -1.81. The van der Waals surface area contributed by atoms with Gasteiger partial charge >= 0.3 is 5.97 Å². The molecule has 0 aliphatic heterocycles. The van der Waals surface area contributed by atoms with E-state index in [4.69, 9.17) is 9.47 Å². The van der Waals surface area contributed by atoms with Crippen molar-refractivity contribution in [2.45, 2.75) is 63.9 Å². The number of rotatable bonds is 5. The normalized spacial score (nSPS) is 19.6. The number of hydrogen-bond donors (Lipinski definition) is 0. The number of ether oxygens (including phenoxy) is 2. The van der Waals surface area contributed by atoms with Crippen molar-refractivity contribution in [1.29, 1.82) is 0 Å². The molecule has 3 nitrogen and oxygen atoms in total. The molecule has 2 aliphatic rings. The van der Waals surface area contributed by atoms with Crippen LogP contribution in [0.3, 0.4) is 0 Å². The first-order valence-electron chi connectivity index (χ1n) is 10.2. The molecular weight excluding hydrogens is 416 g/mol. The fourth-order valence-electron chi connectivity index (χ4n) is 5.01. The van der Waals surface area contributed by atoms with E-state index in [1.807, 2.05) is 32.0 Å². The van der Waals surface area contributed by atoms with Gasteiger partial charge in [-0.25, -0.2) is 0 Å². The molecular formula is C24H27BrO3. The molecule has 1 saturated carbocycles. The van der Waals surface area contributed by atoms with E-state index in [1.54, 1.807) is 0 Å². The summed E-state index contributed by atoms with van der Waals surface area (Å²) in [5.74, 6) is 0.600. The van der Waals surface area contributed by atoms with Crippen LogP contribution in [0.2, 0.25) is 0 Å². The third kappa shape index (κ3) is 3.59. The van der Waals surface area contributed by atoms with E-state index in [0.29, 0.717) is 6.61 Å². The Balaban J connectivity index is 1.66. The van der Waals surface area contributed by atoms with Gasteiger partial charge in [-0.3, -0.25) is 4.79 Å². The van der Waals surface area contributed by atoms with Crippen LogP contribution >= 0.6 is 15.9 Å². The molecule has 4 rings (SSSR count). The SMILES string of the molecule is CCOC(=O)Cc1c(C)cccc1OC1CC2(CCCC2)c2ccc(Br)cc21. The summed E-state index contributed by atoms with van der Waals surface area (Å²) < 4.78 is 12.9. The van der Waals surface area contributed by atoms with E-state index in [9.17, 15) is 4.79 Å². The first-order valence-corrected chi connectivity index (χ1v) is 11.0. The van der Waals surface area contributed by atoms with E-state index in [1.165, 1.54) is 36.8 Å². The lowest BCUT2D eigenvalue weighted by molar-refractivity contribution is -0.142. The fraction of sp³-hybridized carbons (Fsp3) is 0.458. The molecule has 1 unspecified atom stereocenters. The maximum atomic E-state index is 12.1. The number of hydrogen-bond acceptors (Lipinski definition) is 3. The molecule has 2 aliphatic carbocycles. The minimum Gasteiger partial charge on any atom is -0.485 e. The Kier molecular flexibility index (Phi) is 5.50. The zero-order valence-electron chi connectivity index (χ0n) is 16.6. The smallest absolute Gasteiger partial charge is 0.310 e. The predicted octanol–water partition coefficient (Wildman–Crippen LogP) is 6.20. The van der Waals surface area contributed by atoms with Gasteiger partial charge in [0.05, 0.1) is 13.0 Å². The topological polar surface area (TPSA) is 35.5 Å². The van der Waals surface area contributed by atoms with E-state index >= 15 is 0 Å². The lowest BCUT2D eigenvalue weighted by atomic mass is 9.80. The summed E-state index contributed by atoms with van der Waals surface area (Å²) in [6, 6.07) is 12.7. The summed E-state index contributed by atoms with van der Waals surface area (Å²) in [5.41, 5.74) is 5.00. The lowest BCUT2D eigenvalue weighted by Crippen LogP contribution is -2.19. The summed E-state index contributed by atoms with van der Waals surface area (Å²) >= 11 is 3.63. The van der Waals surface area contributed by atoms with Gasteiger partial charge in [-0.1, -0.05) is 47.0 Å². The summed E-state index contributed by atoms with van der Waals surface area (Å²) in [6.45, 7) is 4.26. The Bertz CT molecular complexity index is 883. The number of halogens is 1. The number of aryl methyl sites for hydroxylation is 1. The van der Waals surface area contributed by atoms with Crippen LogP contribution in [0, 0.1) is 6.92 Å². The molecule has 0 radical (unpaired) electrons. The predicted molar refractivity (Wildman–Crippen MR) is 114 cm³/mol. The van der Waals surface area contributed by atoms with Crippen molar-refractivity contribution in [1.82, 2.24) is 0 Å². The highest BCUT2D eigenvalue weighted by atomic mass is 79.9. The van der Waals surface area contributed by atoms with Crippen LogP contribution in [0.4, 0.5) is 0 Å². The van der Waals surface area contributed by atoms with Crippen molar-refractivity contribution in [3.05, 3.63) is 63.1 Å². The monoisotopic (exact) mass is 442 g/mol. The largest absolute Gasteiger partial charge is 0.485 e. The molecule has 0 heterocycles. The van der Waals surface area contributed by atoms with Crippen LogP contribution in [0.25, 0.3) is 0 Å². The van der Waals surface area contributed by atoms with Crippen molar-refractivity contribution in [3.8, 4) is 5.75 Å². The number of benzene rings is 2. The maximum absolute atomic E-state index is 12.1. The summed E-state index contributed by atoms with van der Waals surface area (Å²) in [7, 11) is 0. The molecule has 1 fully saturated rings. The number of fused-ring (bicyclic) bond motifs is 2. The zero-order chi connectivity index (χ0) is 19.7. The highest BCUT2D eigenvalue weighted by Crippen LogP contribution is 2.55. The van der Waals surface area contributed by atoms with Crippen LogP contribution in [-0.4, -0.2) is 12.6 Å². The second-order valence-corrected chi connectivity index (χ2v) is 8.98. The third-order valence-corrected chi connectivity index (χ3v) is 6.82. The maximum Gasteiger partial charge on any atom is 0.310 e. The van der Waals surface area contributed by atoms with E-state index in [0.717, 1.165) is 27.8 Å². The van der Waals surface area contributed by atoms with Crippen LogP contribution in [0.5, 0.6) is 5.75 Å². The van der Waals surface area contributed by atoms with Crippen LogP contribution in [0.1, 0.15) is 67.4 Å². The molecule has 2 aromatic carbocycles. The van der Waals surface area contributed by atoms with E-state index in [-0.39, 0.29) is 23.9 Å². The Morgan fingerprint density at radius 2 is 2.00 bits per heavy atom. The Labute approximate surface area is 175 Å². The van der Waals surface area contributed by atoms with Crippen molar-refractivity contribution >= 4 is 21.9 Å². The minimum absolute atomic E-state index is 0.0216. The van der Waals surface area contributed by atoms with Gasteiger partial charge in [-0.05, 0) is 73.4 Å². The number of carbonyl (C=O) groups excluding carboxylic acids is 1. The van der Waals surface area contributed by atoms with Gasteiger partial charge in [0.25, 0.3) is 0 Å². The highest BCUT2D eigenvalue weighted by molar-refractivity contribution is 9.10. The third-order valence-electron chi connectivity index (χ3n) is 6.33. The number of carbonyl (C=O) groups is 1.